The summed E-state index contributed by atoms with van der Waals surface area (Å²) in [5.74, 6) is -0.950. The largest absolute Gasteiger partial charge is 0.352 e. The Labute approximate surface area is 282 Å². The summed E-state index contributed by atoms with van der Waals surface area (Å²) in [6.45, 7) is 6.89. The van der Waals surface area contributed by atoms with Crippen molar-refractivity contribution in [1.29, 1.82) is 0 Å². The minimum Gasteiger partial charge on any atom is -0.352 e. The fourth-order valence-electron chi connectivity index (χ4n) is 5.17. The predicted octanol–water partition coefficient (Wildman–Crippen LogP) is 7.36. The van der Waals surface area contributed by atoms with E-state index in [-0.39, 0.29) is 29.8 Å². The standard InChI is InChI=1S/C36H39Cl2N3O4S/c1-5-27(4)39-36(43)34(22-28-13-8-6-9-14-28)40(23-30-31(37)17-12-18-32(30)38)35(42)24-41(33-20-19-25(2)21-26(33)3)46(44,45)29-15-10-7-11-16-29/h6-21,27,34H,5,22-24H2,1-4H3,(H,39,43)/t27-,34-/m0/s1. The molecule has 2 atom stereocenters. The highest BCUT2D eigenvalue weighted by Gasteiger charge is 2.36. The molecule has 0 fully saturated rings. The number of hydrogen-bond acceptors (Lipinski definition) is 4. The van der Waals surface area contributed by atoms with Crippen LogP contribution >= 0.6 is 23.2 Å². The third-order valence-corrected chi connectivity index (χ3v) is 10.4. The van der Waals surface area contributed by atoms with Gasteiger partial charge in [0.15, 0.2) is 0 Å². The lowest BCUT2D eigenvalue weighted by molar-refractivity contribution is -0.140. The number of rotatable bonds is 13. The van der Waals surface area contributed by atoms with E-state index in [1.807, 2.05) is 57.2 Å². The van der Waals surface area contributed by atoms with Crippen molar-refractivity contribution in [2.75, 3.05) is 10.8 Å². The smallest absolute Gasteiger partial charge is 0.264 e. The summed E-state index contributed by atoms with van der Waals surface area (Å²) < 4.78 is 29.5. The molecule has 1 N–H and O–H groups in total. The van der Waals surface area contributed by atoms with Gasteiger partial charge in [-0.2, -0.15) is 0 Å². The number of amides is 2. The number of aryl methyl sites for hydroxylation is 2. The Balaban J connectivity index is 1.86. The lowest BCUT2D eigenvalue weighted by atomic mass is 10.0. The molecule has 10 heteroatoms. The second-order valence-electron chi connectivity index (χ2n) is 11.4. The number of halogens is 2. The van der Waals surface area contributed by atoms with E-state index in [9.17, 15) is 18.0 Å². The zero-order valence-electron chi connectivity index (χ0n) is 26.4. The van der Waals surface area contributed by atoms with Crippen molar-refractivity contribution in [2.24, 2.45) is 0 Å². The van der Waals surface area contributed by atoms with Crippen LogP contribution in [0.1, 0.15) is 42.5 Å². The van der Waals surface area contributed by atoms with Gasteiger partial charge in [-0.05, 0) is 68.7 Å². The SMILES string of the molecule is CC[C@H](C)NC(=O)[C@H](Cc1ccccc1)N(Cc1c(Cl)cccc1Cl)C(=O)CN(c1ccc(C)cc1C)S(=O)(=O)c1ccccc1. The third-order valence-electron chi connectivity index (χ3n) is 7.89. The Kier molecular flexibility index (Phi) is 11.9. The molecule has 0 saturated heterocycles. The minimum absolute atomic E-state index is 0.0406. The van der Waals surface area contributed by atoms with Gasteiger partial charge in [0.2, 0.25) is 11.8 Å². The average molecular weight is 681 g/mol. The maximum Gasteiger partial charge on any atom is 0.264 e. The second kappa shape index (κ2) is 15.6. The van der Waals surface area contributed by atoms with Gasteiger partial charge in [0.25, 0.3) is 10.0 Å². The molecule has 0 aromatic heterocycles. The van der Waals surface area contributed by atoms with E-state index in [0.717, 1.165) is 15.4 Å². The molecule has 242 valence electrons. The van der Waals surface area contributed by atoms with Crippen molar-refractivity contribution < 1.29 is 18.0 Å². The van der Waals surface area contributed by atoms with Gasteiger partial charge in [0.05, 0.1) is 10.6 Å². The van der Waals surface area contributed by atoms with Crippen LogP contribution < -0.4 is 9.62 Å². The van der Waals surface area contributed by atoms with E-state index >= 15 is 0 Å². The number of anilines is 1. The van der Waals surface area contributed by atoms with E-state index in [2.05, 4.69) is 5.32 Å². The maximum atomic E-state index is 14.7. The van der Waals surface area contributed by atoms with Gasteiger partial charge in [-0.15, -0.1) is 0 Å². The van der Waals surface area contributed by atoms with Crippen LogP contribution in [0, 0.1) is 13.8 Å². The summed E-state index contributed by atoms with van der Waals surface area (Å²) >= 11 is 13.2. The molecule has 0 aliphatic carbocycles. The van der Waals surface area contributed by atoms with E-state index in [4.69, 9.17) is 23.2 Å². The fraction of sp³-hybridized carbons (Fsp3) is 0.278. The first-order valence-corrected chi connectivity index (χ1v) is 17.3. The summed E-state index contributed by atoms with van der Waals surface area (Å²) in [6, 6.07) is 26.6. The van der Waals surface area contributed by atoms with Gasteiger partial charge in [-0.25, -0.2) is 8.42 Å². The summed E-state index contributed by atoms with van der Waals surface area (Å²) in [5, 5.41) is 3.68. The van der Waals surface area contributed by atoms with Crippen molar-refractivity contribution in [3.8, 4) is 0 Å². The molecule has 0 aliphatic rings. The summed E-state index contributed by atoms with van der Waals surface area (Å²) in [5.41, 5.74) is 3.28. The second-order valence-corrected chi connectivity index (χ2v) is 14.0. The van der Waals surface area contributed by atoms with Crippen LogP contribution in [-0.4, -0.2) is 43.8 Å². The number of nitrogens with zero attached hydrogens (tertiary/aromatic N) is 2. The average Bonchev–Trinajstić information content (AvgIpc) is 3.03. The molecule has 4 aromatic rings. The molecule has 4 aromatic carbocycles. The Morgan fingerprint density at radius 3 is 2.04 bits per heavy atom. The zero-order valence-corrected chi connectivity index (χ0v) is 28.7. The van der Waals surface area contributed by atoms with E-state index in [0.29, 0.717) is 33.3 Å². The lowest BCUT2D eigenvalue weighted by Gasteiger charge is -2.35. The van der Waals surface area contributed by atoms with Crippen LogP contribution in [0.15, 0.2) is 102 Å². The highest BCUT2D eigenvalue weighted by Crippen LogP contribution is 2.30. The molecule has 2 amide bonds. The van der Waals surface area contributed by atoms with Gasteiger partial charge in [0, 0.05) is 34.6 Å². The molecule has 0 radical (unpaired) electrons. The van der Waals surface area contributed by atoms with E-state index < -0.39 is 28.5 Å². The molecule has 0 bridgehead atoms. The summed E-state index contributed by atoms with van der Waals surface area (Å²) in [6.07, 6.45) is 0.871. The quantitative estimate of drug-likeness (QED) is 0.160. The third kappa shape index (κ3) is 8.49. The van der Waals surface area contributed by atoms with Crippen molar-refractivity contribution in [3.63, 3.8) is 0 Å². The van der Waals surface area contributed by atoms with Gasteiger partial charge in [0.1, 0.15) is 12.6 Å². The number of carbonyl (C=O) groups excluding carboxylic acids is 2. The molecular weight excluding hydrogens is 641 g/mol. The first kappa shape index (κ1) is 35.0. The molecule has 46 heavy (non-hydrogen) atoms. The number of sulfonamides is 1. The molecular formula is C36H39Cl2N3O4S. The van der Waals surface area contributed by atoms with Crippen LogP contribution in [-0.2, 0) is 32.6 Å². The van der Waals surface area contributed by atoms with Crippen molar-refractivity contribution >= 4 is 50.7 Å². The first-order chi connectivity index (χ1) is 21.9. The predicted molar refractivity (Wildman–Crippen MR) is 186 cm³/mol. The van der Waals surface area contributed by atoms with Gasteiger partial charge >= 0.3 is 0 Å². The minimum atomic E-state index is -4.20. The Morgan fingerprint density at radius 1 is 0.848 bits per heavy atom. The van der Waals surface area contributed by atoms with Crippen molar-refractivity contribution in [2.45, 2.75) is 64.1 Å². The van der Waals surface area contributed by atoms with Crippen LogP contribution in [0.2, 0.25) is 10.0 Å². The maximum absolute atomic E-state index is 14.7. The van der Waals surface area contributed by atoms with Gasteiger partial charge in [-0.3, -0.25) is 13.9 Å². The Morgan fingerprint density at radius 2 is 1.46 bits per heavy atom. The Hall–Kier alpha value is -3.85. The van der Waals surface area contributed by atoms with E-state index in [1.54, 1.807) is 55.5 Å². The molecule has 0 unspecified atom stereocenters. The van der Waals surface area contributed by atoms with Crippen LogP contribution in [0.4, 0.5) is 5.69 Å². The topological polar surface area (TPSA) is 86.8 Å². The molecule has 0 heterocycles. The summed E-state index contributed by atoms with van der Waals surface area (Å²) in [4.78, 5) is 30.1. The van der Waals surface area contributed by atoms with Gasteiger partial charge in [-0.1, -0.05) is 102 Å². The zero-order chi connectivity index (χ0) is 33.4. The highest BCUT2D eigenvalue weighted by atomic mass is 35.5. The number of carbonyl (C=O) groups is 2. The molecule has 0 saturated carbocycles. The highest BCUT2D eigenvalue weighted by molar-refractivity contribution is 7.92. The molecule has 0 spiro atoms. The molecule has 4 rings (SSSR count). The fourth-order valence-corrected chi connectivity index (χ4v) is 7.18. The Bertz CT molecular complexity index is 1750. The molecule has 7 nitrogen and oxygen atoms in total. The lowest BCUT2D eigenvalue weighted by Crippen LogP contribution is -2.54. The number of nitrogens with one attached hydrogen (secondary N) is 1. The summed E-state index contributed by atoms with van der Waals surface area (Å²) in [7, 11) is -4.20. The van der Waals surface area contributed by atoms with Crippen molar-refractivity contribution in [3.05, 3.63) is 129 Å². The van der Waals surface area contributed by atoms with Crippen LogP contribution in [0.25, 0.3) is 0 Å². The number of benzene rings is 4. The number of hydrogen-bond donors (Lipinski definition) is 1. The first-order valence-electron chi connectivity index (χ1n) is 15.1. The monoisotopic (exact) mass is 679 g/mol. The van der Waals surface area contributed by atoms with Crippen molar-refractivity contribution in [1.82, 2.24) is 10.2 Å². The molecule has 0 aliphatic heterocycles. The normalized spacial score (nSPS) is 12.7. The van der Waals surface area contributed by atoms with Crippen LogP contribution in [0.3, 0.4) is 0 Å². The van der Waals surface area contributed by atoms with Crippen LogP contribution in [0.5, 0.6) is 0 Å². The van der Waals surface area contributed by atoms with Gasteiger partial charge < -0.3 is 10.2 Å². The van der Waals surface area contributed by atoms with E-state index in [1.165, 1.54) is 17.0 Å².